The van der Waals surface area contributed by atoms with Crippen molar-refractivity contribution in [3.05, 3.63) is 108 Å². The van der Waals surface area contributed by atoms with E-state index in [0.717, 1.165) is 22.4 Å². The predicted octanol–water partition coefficient (Wildman–Crippen LogP) is 5.12. The van der Waals surface area contributed by atoms with Crippen LogP contribution in [0.15, 0.2) is 91.3 Å². The van der Waals surface area contributed by atoms with Crippen molar-refractivity contribution in [2.24, 2.45) is 0 Å². The zero-order valence-corrected chi connectivity index (χ0v) is 20.8. The van der Waals surface area contributed by atoms with Crippen LogP contribution in [-0.4, -0.2) is 43.2 Å². The third-order valence-electron chi connectivity index (χ3n) is 6.30. The molecule has 5 rings (SSSR count). The first kappa shape index (κ1) is 25.0. The molecule has 3 aromatic carbocycles. The van der Waals surface area contributed by atoms with Gasteiger partial charge in [-0.3, -0.25) is 9.78 Å². The Kier molecular flexibility index (Phi) is 7.31. The zero-order chi connectivity index (χ0) is 26.5. The van der Waals surface area contributed by atoms with Crippen molar-refractivity contribution in [1.29, 1.82) is 0 Å². The highest BCUT2D eigenvalue weighted by atomic mass is 19.1. The normalized spacial score (nSPS) is 12.9. The standard InChI is InChI=1S/C30H26FN3O4/c1-37-30(36)24-10-5-11-27(29(24)21-8-3-2-4-9-21)34-18-23(19-34)38-22-12-13-26(25(31)16-22)33-28(35)15-20-7-6-14-32-17-20/h2-14,16-17,23H,15,18-19H2,1H3,(H,33,35). The molecule has 0 radical (unpaired) electrons. The number of aromatic nitrogens is 1. The quantitative estimate of drug-likeness (QED) is 0.331. The van der Waals surface area contributed by atoms with Gasteiger partial charge in [-0.05, 0) is 41.5 Å². The molecule has 1 N–H and O–H groups in total. The van der Waals surface area contributed by atoms with Crippen LogP contribution in [0.1, 0.15) is 15.9 Å². The minimum Gasteiger partial charge on any atom is -0.487 e. The molecule has 38 heavy (non-hydrogen) atoms. The van der Waals surface area contributed by atoms with Crippen LogP contribution in [0, 0.1) is 5.82 Å². The van der Waals surface area contributed by atoms with Gasteiger partial charge in [0.1, 0.15) is 17.7 Å². The first-order valence-electron chi connectivity index (χ1n) is 12.2. The summed E-state index contributed by atoms with van der Waals surface area (Å²) in [5.74, 6) is -0.926. The molecule has 1 aliphatic rings. The van der Waals surface area contributed by atoms with Crippen LogP contribution in [0.5, 0.6) is 5.75 Å². The van der Waals surface area contributed by atoms with Crippen LogP contribution in [0.4, 0.5) is 15.8 Å². The highest BCUT2D eigenvalue weighted by Crippen LogP contribution is 2.37. The molecule has 192 valence electrons. The molecule has 1 saturated heterocycles. The van der Waals surface area contributed by atoms with Gasteiger partial charge in [0.25, 0.3) is 0 Å². The molecule has 1 amide bonds. The largest absolute Gasteiger partial charge is 0.487 e. The van der Waals surface area contributed by atoms with Gasteiger partial charge in [0.15, 0.2) is 0 Å². The molecule has 7 nitrogen and oxygen atoms in total. The minimum atomic E-state index is -0.574. The number of hydrogen-bond donors (Lipinski definition) is 1. The Labute approximate surface area is 219 Å². The van der Waals surface area contributed by atoms with Gasteiger partial charge in [-0.25, -0.2) is 9.18 Å². The average Bonchev–Trinajstić information content (AvgIpc) is 2.92. The number of nitrogens with zero attached hydrogens (tertiary/aromatic N) is 2. The molecular weight excluding hydrogens is 485 g/mol. The van der Waals surface area contributed by atoms with Crippen LogP contribution >= 0.6 is 0 Å². The van der Waals surface area contributed by atoms with E-state index in [1.54, 1.807) is 36.7 Å². The number of carbonyl (C=O) groups is 2. The van der Waals surface area contributed by atoms with Gasteiger partial charge in [-0.15, -0.1) is 0 Å². The van der Waals surface area contributed by atoms with E-state index in [1.807, 2.05) is 42.5 Å². The molecule has 1 fully saturated rings. The van der Waals surface area contributed by atoms with Crippen molar-refractivity contribution in [2.75, 3.05) is 30.4 Å². The van der Waals surface area contributed by atoms with Crippen LogP contribution in [0.2, 0.25) is 0 Å². The van der Waals surface area contributed by atoms with Crippen LogP contribution in [0.3, 0.4) is 0 Å². The van der Waals surface area contributed by atoms with Crippen molar-refractivity contribution in [3.63, 3.8) is 0 Å². The molecule has 0 unspecified atom stereocenters. The molecule has 0 bridgehead atoms. The summed E-state index contributed by atoms with van der Waals surface area (Å²) in [5.41, 5.74) is 3.94. The predicted molar refractivity (Wildman–Crippen MR) is 143 cm³/mol. The number of benzene rings is 3. The van der Waals surface area contributed by atoms with E-state index in [-0.39, 0.29) is 24.1 Å². The number of pyridine rings is 1. The summed E-state index contributed by atoms with van der Waals surface area (Å²) in [6, 6.07) is 23.2. The van der Waals surface area contributed by atoms with Crippen molar-refractivity contribution in [2.45, 2.75) is 12.5 Å². The van der Waals surface area contributed by atoms with E-state index >= 15 is 0 Å². The van der Waals surface area contributed by atoms with Crippen LogP contribution < -0.4 is 15.0 Å². The highest BCUT2D eigenvalue weighted by molar-refractivity contribution is 6.01. The summed E-state index contributed by atoms with van der Waals surface area (Å²) in [5, 5.41) is 2.59. The Hall–Kier alpha value is -4.72. The lowest BCUT2D eigenvalue weighted by Crippen LogP contribution is -2.54. The fourth-order valence-electron chi connectivity index (χ4n) is 4.45. The smallest absolute Gasteiger partial charge is 0.338 e. The van der Waals surface area contributed by atoms with Gasteiger partial charge in [-0.1, -0.05) is 42.5 Å². The van der Waals surface area contributed by atoms with Gasteiger partial charge in [-0.2, -0.15) is 0 Å². The number of ether oxygens (including phenoxy) is 2. The summed E-state index contributed by atoms with van der Waals surface area (Å²) < 4.78 is 25.7. The van der Waals surface area contributed by atoms with Crippen molar-refractivity contribution >= 4 is 23.3 Å². The van der Waals surface area contributed by atoms with Crippen molar-refractivity contribution in [3.8, 4) is 16.9 Å². The van der Waals surface area contributed by atoms with Gasteiger partial charge in [0, 0.05) is 29.7 Å². The fourth-order valence-corrected chi connectivity index (χ4v) is 4.45. The first-order valence-corrected chi connectivity index (χ1v) is 12.2. The number of halogens is 1. The van der Waals surface area contributed by atoms with E-state index < -0.39 is 11.8 Å². The second-order valence-electron chi connectivity index (χ2n) is 8.93. The van der Waals surface area contributed by atoms with E-state index in [0.29, 0.717) is 24.4 Å². The lowest BCUT2D eigenvalue weighted by atomic mass is 9.95. The maximum atomic E-state index is 14.7. The molecular formula is C30H26FN3O4. The molecule has 1 aromatic heterocycles. The Morgan fingerprint density at radius 2 is 1.84 bits per heavy atom. The monoisotopic (exact) mass is 511 g/mol. The second-order valence-corrected chi connectivity index (χ2v) is 8.93. The SMILES string of the molecule is COC(=O)c1cccc(N2CC(Oc3ccc(NC(=O)Cc4cccnc4)c(F)c3)C2)c1-c1ccccc1. The maximum absolute atomic E-state index is 14.7. The molecule has 4 aromatic rings. The van der Waals surface area contributed by atoms with Crippen LogP contribution in [0.25, 0.3) is 11.1 Å². The average molecular weight is 512 g/mol. The summed E-state index contributed by atoms with van der Waals surface area (Å²) in [6.07, 6.45) is 3.17. The van der Waals surface area contributed by atoms with Gasteiger partial charge in [0.05, 0.1) is 37.9 Å². The number of anilines is 2. The molecule has 0 aliphatic carbocycles. The summed E-state index contributed by atoms with van der Waals surface area (Å²) in [7, 11) is 1.37. The van der Waals surface area contributed by atoms with E-state index in [4.69, 9.17) is 9.47 Å². The number of rotatable bonds is 8. The lowest BCUT2D eigenvalue weighted by Gasteiger charge is -2.41. The lowest BCUT2D eigenvalue weighted by molar-refractivity contribution is -0.115. The number of hydrogen-bond acceptors (Lipinski definition) is 6. The topological polar surface area (TPSA) is 80.8 Å². The number of amides is 1. The molecule has 2 heterocycles. The third kappa shape index (κ3) is 5.49. The van der Waals surface area contributed by atoms with E-state index in [9.17, 15) is 14.0 Å². The fraction of sp³-hybridized carbons (Fsp3) is 0.167. The molecule has 0 saturated carbocycles. The summed E-state index contributed by atoms with van der Waals surface area (Å²) in [6.45, 7) is 1.13. The van der Waals surface area contributed by atoms with Crippen molar-refractivity contribution < 1.29 is 23.5 Å². The zero-order valence-electron chi connectivity index (χ0n) is 20.8. The number of esters is 1. The Bertz CT molecular complexity index is 1440. The van der Waals surface area contributed by atoms with E-state index in [1.165, 1.54) is 19.2 Å². The molecule has 0 atom stereocenters. The van der Waals surface area contributed by atoms with Gasteiger partial charge >= 0.3 is 5.97 Å². The Morgan fingerprint density at radius 3 is 2.55 bits per heavy atom. The second kappa shape index (κ2) is 11.1. The summed E-state index contributed by atoms with van der Waals surface area (Å²) in [4.78, 5) is 30.8. The minimum absolute atomic E-state index is 0.0913. The van der Waals surface area contributed by atoms with E-state index in [2.05, 4.69) is 15.2 Å². The number of nitrogens with one attached hydrogen (secondary N) is 1. The maximum Gasteiger partial charge on any atom is 0.338 e. The number of carbonyl (C=O) groups excluding carboxylic acids is 2. The van der Waals surface area contributed by atoms with Gasteiger partial charge < -0.3 is 19.7 Å². The molecule has 0 spiro atoms. The number of methoxy groups -OCH3 is 1. The first-order chi connectivity index (χ1) is 18.5. The van der Waals surface area contributed by atoms with Gasteiger partial charge in [0.2, 0.25) is 5.91 Å². The summed E-state index contributed by atoms with van der Waals surface area (Å²) >= 11 is 0. The Morgan fingerprint density at radius 1 is 1.03 bits per heavy atom. The third-order valence-corrected chi connectivity index (χ3v) is 6.30. The molecule has 8 heteroatoms. The Balaban J connectivity index is 1.24. The van der Waals surface area contributed by atoms with Crippen molar-refractivity contribution in [1.82, 2.24) is 4.98 Å². The highest BCUT2D eigenvalue weighted by Gasteiger charge is 2.32. The van der Waals surface area contributed by atoms with Crippen LogP contribution in [-0.2, 0) is 16.0 Å². The molecule has 1 aliphatic heterocycles.